The van der Waals surface area contributed by atoms with Crippen LogP contribution in [0.2, 0.25) is 18.1 Å². The summed E-state index contributed by atoms with van der Waals surface area (Å²) in [6.45, 7) is 26.4. The lowest BCUT2D eigenvalue weighted by atomic mass is 10.2. The summed E-state index contributed by atoms with van der Waals surface area (Å²) in [6.07, 6.45) is 1.40. The molecule has 43 heavy (non-hydrogen) atoms. The molecule has 0 rings (SSSR count). The summed E-state index contributed by atoms with van der Waals surface area (Å²) in [5, 5.41) is 0.218. The quantitative estimate of drug-likeness (QED) is 0.0575. The van der Waals surface area contributed by atoms with Crippen molar-refractivity contribution in [3.05, 3.63) is 12.8 Å². The van der Waals surface area contributed by atoms with E-state index < -0.39 is 8.32 Å². The zero-order valence-electron chi connectivity index (χ0n) is 27.7. The van der Waals surface area contributed by atoms with Crippen molar-refractivity contribution in [2.45, 2.75) is 38.9 Å². The molecule has 0 saturated carbocycles. The molecule has 0 atom stereocenters. The van der Waals surface area contributed by atoms with Crippen LogP contribution in [0.4, 0.5) is 0 Å². The number of ether oxygens (including phenoxy) is 11. The van der Waals surface area contributed by atoms with Gasteiger partial charge in [-0.3, -0.25) is 0 Å². The van der Waals surface area contributed by atoms with E-state index in [1.165, 1.54) is 6.26 Å². The smallest absolute Gasteiger partial charge is 0.192 e. The van der Waals surface area contributed by atoms with Crippen LogP contribution in [0, 0.1) is 0 Å². The predicted molar refractivity (Wildman–Crippen MR) is 167 cm³/mol. The largest absolute Gasteiger partial charge is 0.499 e. The van der Waals surface area contributed by atoms with Gasteiger partial charge in [-0.2, -0.15) is 0 Å². The second-order valence-corrected chi connectivity index (χ2v) is 15.6. The van der Waals surface area contributed by atoms with Crippen molar-refractivity contribution in [1.29, 1.82) is 0 Å². The maximum absolute atomic E-state index is 6.07. The highest BCUT2D eigenvalue weighted by Crippen LogP contribution is 2.36. The fourth-order valence-electron chi connectivity index (χ4n) is 2.84. The topological polar surface area (TPSA) is 111 Å². The molecule has 0 heterocycles. The van der Waals surface area contributed by atoms with Crippen molar-refractivity contribution in [1.82, 2.24) is 0 Å². The first-order valence-electron chi connectivity index (χ1n) is 15.4. The van der Waals surface area contributed by atoms with Crippen LogP contribution in [0.3, 0.4) is 0 Å². The number of rotatable bonds is 35. The Hall–Kier alpha value is -0.683. The Labute approximate surface area is 261 Å². The van der Waals surface area contributed by atoms with Crippen molar-refractivity contribution in [2.24, 2.45) is 0 Å². The molecule has 0 aliphatic carbocycles. The highest BCUT2D eigenvalue weighted by atomic mass is 28.4. The molecule has 258 valence electrons. The number of hydrogen-bond donors (Lipinski definition) is 0. The maximum atomic E-state index is 6.07. The SMILES string of the molecule is C=COCCOCCOCCOCCOCCOCCOCCOCCOCCOCCOCCO[Si](C)(C)C(C)(C)C. The zero-order valence-corrected chi connectivity index (χ0v) is 28.7. The van der Waals surface area contributed by atoms with Gasteiger partial charge in [-0.25, -0.2) is 0 Å². The first-order valence-corrected chi connectivity index (χ1v) is 18.4. The molecule has 12 nitrogen and oxygen atoms in total. The molecule has 0 saturated heterocycles. The van der Waals surface area contributed by atoms with Gasteiger partial charge >= 0.3 is 0 Å². The summed E-state index contributed by atoms with van der Waals surface area (Å²) < 4.78 is 65.7. The summed E-state index contributed by atoms with van der Waals surface area (Å²) in [7, 11) is -1.69. The van der Waals surface area contributed by atoms with Crippen LogP contribution < -0.4 is 0 Å². The Kier molecular flexibility index (Phi) is 30.8. The van der Waals surface area contributed by atoms with Gasteiger partial charge in [0.25, 0.3) is 0 Å². The summed E-state index contributed by atoms with van der Waals surface area (Å²) in [5.74, 6) is 0. The Morgan fingerprint density at radius 2 is 0.605 bits per heavy atom. The minimum Gasteiger partial charge on any atom is -0.499 e. The normalized spacial score (nSPS) is 12.2. The Morgan fingerprint density at radius 1 is 0.395 bits per heavy atom. The fraction of sp³-hybridized carbons (Fsp3) is 0.933. The standard InChI is InChI=1S/C30H62O12Si/c1-7-31-8-9-32-10-11-33-12-13-34-14-15-35-16-17-36-18-19-37-20-21-38-22-23-39-24-25-40-26-27-41-28-29-42-43(5,6)30(2,3)4/h7H,1,8-29H2,2-6H3. The van der Waals surface area contributed by atoms with Crippen molar-refractivity contribution >= 4 is 8.32 Å². The van der Waals surface area contributed by atoms with E-state index in [2.05, 4.69) is 40.4 Å². The van der Waals surface area contributed by atoms with Gasteiger partial charge in [0.15, 0.2) is 8.32 Å². The zero-order chi connectivity index (χ0) is 31.7. The Morgan fingerprint density at radius 3 is 0.814 bits per heavy atom. The van der Waals surface area contributed by atoms with Crippen molar-refractivity contribution < 1.29 is 56.5 Å². The van der Waals surface area contributed by atoms with Gasteiger partial charge in [0.2, 0.25) is 0 Å². The van der Waals surface area contributed by atoms with E-state index in [0.29, 0.717) is 145 Å². The molecule has 0 amide bonds. The van der Waals surface area contributed by atoms with Crippen LogP contribution in [-0.4, -0.2) is 154 Å². The van der Waals surface area contributed by atoms with Gasteiger partial charge in [-0.05, 0) is 18.1 Å². The first-order chi connectivity index (χ1) is 20.8. The molecule has 13 heteroatoms. The van der Waals surface area contributed by atoms with Gasteiger partial charge < -0.3 is 56.5 Å². The van der Waals surface area contributed by atoms with Gasteiger partial charge in [-0.1, -0.05) is 27.4 Å². The number of hydrogen-bond acceptors (Lipinski definition) is 12. The van der Waals surface area contributed by atoms with Gasteiger partial charge in [0, 0.05) is 0 Å². The van der Waals surface area contributed by atoms with Crippen LogP contribution in [0.5, 0.6) is 0 Å². The van der Waals surface area contributed by atoms with Crippen molar-refractivity contribution in [3.8, 4) is 0 Å². The molecule has 0 aromatic heterocycles. The van der Waals surface area contributed by atoms with Crippen LogP contribution in [0.25, 0.3) is 0 Å². The van der Waals surface area contributed by atoms with Gasteiger partial charge in [0.05, 0.1) is 145 Å². The van der Waals surface area contributed by atoms with Gasteiger partial charge in [0.1, 0.15) is 6.61 Å². The minimum atomic E-state index is -1.69. The third kappa shape index (κ3) is 31.1. The van der Waals surface area contributed by atoms with E-state index in [4.69, 9.17) is 56.5 Å². The van der Waals surface area contributed by atoms with Crippen molar-refractivity contribution in [2.75, 3.05) is 145 Å². The molecule has 0 aromatic carbocycles. The minimum absolute atomic E-state index is 0.218. The summed E-state index contributed by atoms with van der Waals surface area (Å²) >= 11 is 0. The molecule has 0 aromatic rings. The molecule has 0 aliphatic heterocycles. The maximum Gasteiger partial charge on any atom is 0.192 e. The monoisotopic (exact) mass is 642 g/mol. The first kappa shape index (κ1) is 42.3. The average molecular weight is 643 g/mol. The van der Waals surface area contributed by atoms with Crippen LogP contribution in [-0.2, 0) is 56.5 Å². The lowest BCUT2D eigenvalue weighted by molar-refractivity contribution is -0.0272. The molecule has 0 unspecified atom stereocenters. The molecule has 0 N–H and O–H groups in total. The lowest BCUT2D eigenvalue weighted by Gasteiger charge is -2.36. The molecular weight excluding hydrogens is 580 g/mol. The predicted octanol–water partition coefficient (Wildman–Crippen LogP) is 3.33. The van der Waals surface area contributed by atoms with E-state index in [0.717, 1.165) is 0 Å². The van der Waals surface area contributed by atoms with E-state index >= 15 is 0 Å². The molecule has 0 aliphatic rings. The Bertz CT molecular complexity index is 578. The van der Waals surface area contributed by atoms with E-state index in [9.17, 15) is 0 Å². The average Bonchev–Trinajstić information content (AvgIpc) is 2.96. The Balaban J connectivity index is 3.12. The van der Waals surface area contributed by atoms with Crippen molar-refractivity contribution in [3.63, 3.8) is 0 Å². The van der Waals surface area contributed by atoms with E-state index in [-0.39, 0.29) is 5.04 Å². The molecule has 0 bridgehead atoms. The highest BCUT2D eigenvalue weighted by Gasteiger charge is 2.36. The highest BCUT2D eigenvalue weighted by molar-refractivity contribution is 6.74. The van der Waals surface area contributed by atoms with Gasteiger partial charge in [-0.15, -0.1) is 0 Å². The lowest BCUT2D eigenvalue weighted by Crippen LogP contribution is -2.41. The van der Waals surface area contributed by atoms with E-state index in [1.807, 2.05) is 0 Å². The molecular formula is C30H62O12Si. The van der Waals surface area contributed by atoms with Crippen LogP contribution in [0.1, 0.15) is 20.8 Å². The summed E-state index contributed by atoms with van der Waals surface area (Å²) in [5.41, 5.74) is 0. The second-order valence-electron chi connectivity index (χ2n) is 10.8. The van der Waals surface area contributed by atoms with Crippen LogP contribution in [0.15, 0.2) is 12.8 Å². The molecule has 0 fully saturated rings. The third-order valence-electron chi connectivity index (χ3n) is 6.31. The third-order valence-corrected chi connectivity index (χ3v) is 10.8. The summed E-state index contributed by atoms with van der Waals surface area (Å²) in [4.78, 5) is 0. The van der Waals surface area contributed by atoms with Crippen LogP contribution >= 0.6 is 0 Å². The fourth-order valence-corrected chi connectivity index (χ4v) is 3.87. The second kappa shape index (κ2) is 31.3. The molecule has 0 spiro atoms. The van der Waals surface area contributed by atoms with E-state index in [1.54, 1.807) is 0 Å². The molecule has 0 radical (unpaired) electrons. The summed E-state index contributed by atoms with van der Waals surface area (Å²) in [6, 6.07) is 0.